The van der Waals surface area contributed by atoms with Crippen LogP contribution in [0.25, 0.3) is 0 Å². The molecule has 0 spiro atoms. The Balaban J connectivity index is 1.84. The molecule has 0 radical (unpaired) electrons. The summed E-state index contributed by atoms with van der Waals surface area (Å²) in [5.41, 5.74) is 1.09. The Morgan fingerprint density at radius 3 is 2.53 bits per heavy atom. The predicted molar refractivity (Wildman–Crippen MR) is 68.6 cm³/mol. The average molecular weight is 315 g/mol. The number of hydrogen-bond donors (Lipinski definition) is 1. The summed E-state index contributed by atoms with van der Waals surface area (Å²) < 4.78 is 1.20. The highest BCUT2D eigenvalue weighted by Crippen LogP contribution is 2.18. The van der Waals surface area contributed by atoms with Crippen LogP contribution in [0.15, 0.2) is 24.3 Å². The van der Waals surface area contributed by atoms with Crippen molar-refractivity contribution in [1.82, 2.24) is 5.32 Å². The SMILES string of the molecule is O=C(Cc1ccc(I)cc1)NC1CCC1. The van der Waals surface area contributed by atoms with E-state index < -0.39 is 0 Å². The number of nitrogens with one attached hydrogen (secondary N) is 1. The molecule has 0 saturated heterocycles. The first-order chi connectivity index (χ1) is 7.24. The standard InChI is InChI=1S/C12H14INO/c13-10-6-4-9(5-7-10)8-12(15)14-11-2-1-3-11/h4-7,11H,1-3,8H2,(H,14,15). The third kappa shape index (κ3) is 3.19. The number of rotatable bonds is 3. The minimum Gasteiger partial charge on any atom is -0.353 e. The van der Waals surface area contributed by atoms with Crippen molar-refractivity contribution in [2.45, 2.75) is 31.7 Å². The van der Waals surface area contributed by atoms with Crippen molar-refractivity contribution in [3.8, 4) is 0 Å². The Morgan fingerprint density at radius 1 is 1.33 bits per heavy atom. The predicted octanol–water partition coefficient (Wildman–Crippen LogP) is 2.50. The number of hydrogen-bond acceptors (Lipinski definition) is 1. The van der Waals surface area contributed by atoms with Gasteiger partial charge in [0.25, 0.3) is 0 Å². The Morgan fingerprint density at radius 2 is 2.00 bits per heavy atom. The van der Waals surface area contributed by atoms with Gasteiger partial charge in [0, 0.05) is 9.61 Å². The molecule has 1 aromatic rings. The lowest BCUT2D eigenvalue weighted by atomic mass is 9.93. The second-order valence-electron chi connectivity index (χ2n) is 4.00. The Labute approximate surface area is 104 Å². The van der Waals surface area contributed by atoms with Crippen LogP contribution in [0.5, 0.6) is 0 Å². The molecule has 0 aromatic heterocycles. The topological polar surface area (TPSA) is 29.1 Å². The van der Waals surface area contributed by atoms with Gasteiger partial charge in [-0.1, -0.05) is 12.1 Å². The van der Waals surface area contributed by atoms with Gasteiger partial charge in [-0.15, -0.1) is 0 Å². The monoisotopic (exact) mass is 315 g/mol. The van der Waals surface area contributed by atoms with Crippen molar-refractivity contribution in [2.75, 3.05) is 0 Å². The van der Waals surface area contributed by atoms with Crippen molar-refractivity contribution in [1.29, 1.82) is 0 Å². The van der Waals surface area contributed by atoms with E-state index in [2.05, 4.69) is 27.9 Å². The van der Waals surface area contributed by atoms with Gasteiger partial charge in [-0.2, -0.15) is 0 Å². The van der Waals surface area contributed by atoms with Crippen molar-refractivity contribution < 1.29 is 4.79 Å². The fourth-order valence-electron chi connectivity index (χ4n) is 1.62. The van der Waals surface area contributed by atoms with E-state index >= 15 is 0 Å². The van der Waals surface area contributed by atoms with Gasteiger partial charge in [0.2, 0.25) is 5.91 Å². The maximum absolute atomic E-state index is 11.6. The third-order valence-corrected chi connectivity index (χ3v) is 3.47. The molecule has 0 heterocycles. The number of amides is 1. The summed E-state index contributed by atoms with van der Waals surface area (Å²) in [5, 5.41) is 3.04. The Hall–Kier alpha value is -0.580. The summed E-state index contributed by atoms with van der Waals surface area (Å²) in [7, 11) is 0. The molecule has 1 saturated carbocycles. The first kappa shape index (κ1) is 10.9. The molecule has 0 aliphatic heterocycles. The number of halogens is 1. The van der Waals surface area contributed by atoms with Crippen molar-refractivity contribution in [3.05, 3.63) is 33.4 Å². The molecule has 2 nitrogen and oxygen atoms in total. The minimum absolute atomic E-state index is 0.154. The molecule has 0 atom stereocenters. The molecule has 3 heteroatoms. The van der Waals surface area contributed by atoms with E-state index in [-0.39, 0.29) is 5.91 Å². The van der Waals surface area contributed by atoms with Crippen LogP contribution in [0.1, 0.15) is 24.8 Å². The van der Waals surface area contributed by atoms with E-state index in [1.165, 1.54) is 9.99 Å². The molecule has 0 bridgehead atoms. The first-order valence-electron chi connectivity index (χ1n) is 5.28. The highest BCUT2D eigenvalue weighted by atomic mass is 127. The van der Waals surface area contributed by atoms with Crippen molar-refractivity contribution in [3.63, 3.8) is 0 Å². The van der Waals surface area contributed by atoms with Crippen molar-refractivity contribution >= 4 is 28.5 Å². The first-order valence-corrected chi connectivity index (χ1v) is 6.36. The maximum Gasteiger partial charge on any atom is 0.224 e. The zero-order valence-electron chi connectivity index (χ0n) is 8.50. The number of carbonyl (C=O) groups excluding carboxylic acids is 1. The fourth-order valence-corrected chi connectivity index (χ4v) is 1.98. The van der Waals surface area contributed by atoms with Crippen LogP contribution in [-0.4, -0.2) is 11.9 Å². The van der Waals surface area contributed by atoms with Crippen LogP contribution in [0.4, 0.5) is 0 Å². The molecule has 80 valence electrons. The van der Waals surface area contributed by atoms with Crippen molar-refractivity contribution in [2.24, 2.45) is 0 Å². The molecule has 1 fully saturated rings. The van der Waals surface area contributed by atoms with Gasteiger partial charge in [0.1, 0.15) is 0 Å². The molecule has 1 N–H and O–H groups in total. The van der Waals surface area contributed by atoms with Crippen LogP contribution in [-0.2, 0) is 11.2 Å². The molecule has 1 aliphatic rings. The van der Waals surface area contributed by atoms with E-state index in [1.54, 1.807) is 0 Å². The van der Waals surface area contributed by atoms with Gasteiger partial charge >= 0.3 is 0 Å². The lowest BCUT2D eigenvalue weighted by molar-refractivity contribution is -0.121. The Kier molecular flexibility index (Phi) is 3.61. The highest BCUT2D eigenvalue weighted by Gasteiger charge is 2.19. The van der Waals surface area contributed by atoms with Gasteiger partial charge in [-0.05, 0) is 59.5 Å². The Bertz CT molecular complexity index is 343. The largest absolute Gasteiger partial charge is 0.353 e. The summed E-state index contributed by atoms with van der Waals surface area (Å²) in [5.74, 6) is 0.154. The molecule has 2 rings (SSSR count). The van der Waals surface area contributed by atoms with Crippen LogP contribution in [0.2, 0.25) is 0 Å². The molecule has 1 aliphatic carbocycles. The maximum atomic E-state index is 11.6. The lowest BCUT2D eigenvalue weighted by Gasteiger charge is -2.26. The van der Waals surface area contributed by atoms with Crippen LogP contribution < -0.4 is 5.32 Å². The zero-order chi connectivity index (χ0) is 10.7. The fraction of sp³-hybridized carbons (Fsp3) is 0.417. The lowest BCUT2D eigenvalue weighted by Crippen LogP contribution is -2.40. The molecule has 15 heavy (non-hydrogen) atoms. The molecule has 0 unspecified atom stereocenters. The zero-order valence-corrected chi connectivity index (χ0v) is 10.7. The van der Waals surface area contributed by atoms with E-state index in [4.69, 9.17) is 0 Å². The summed E-state index contributed by atoms with van der Waals surface area (Å²) in [6.07, 6.45) is 4.07. The summed E-state index contributed by atoms with van der Waals surface area (Å²) in [4.78, 5) is 11.6. The van der Waals surface area contributed by atoms with Crippen LogP contribution in [0, 0.1) is 3.57 Å². The smallest absolute Gasteiger partial charge is 0.224 e. The molecule has 1 aromatic carbocycles. The highest BCUT2D eigenvalue weighted by molar-refractivity contribution is 14.1. The van der Waals surface area contributed by atoms with Crippen LogP contribution >= 0.6 is 22.6 Å². The van der Waals surface area contributed by atoms with Gasteiger partial charge in [0.15, 0.2) is 0 Å². The van der Waals surface area contributed by atoms with E-state index in [0.29, 0.717) is 12.5 Å². The summed E-state index contributed by atoms with van der Waals surface area (Å²) in [6.45, 7) is 0. The van der Waals surface area contributed by atoms with Crippen LogP contribution in [0.3, 0.4) is 0 Å². The van der Waals surface area contributed by atoms with Gasteiger partial charge in [-0.3, -0.25) is 4.79 Å². The number of benzene rings is 1. The second kappa shape index (κ2) is 4.96. The average Bonchev–Trinajstić information content (AvgIpc) is 2.16. The van der Waals surface area contributed by atoms with Gasteiger partial charge < -0.3 is 5.32 Å². The van der Waals surface area contributed by atoms with E-state index in [9.17, 15) is 4.79 Å². The van der Waals surface area contributed by atoms with E-state index in [1.807, 2.05) is 24.3 Å². The molecular formula is C12H14INO. The quantitative estimate of drug-likeness (QED) is 0.853. The van der Waals surface area contributed by atoms with Gasteiger partial charge in [-0.25, -0.2) is 0 Å². The summed E-state index contributed by atoms with van der Waals surface area (Å²) >= 11 is 2.26. The third-order valence-electron chi connectivity index (χ3n) is 2.75. The summed E-state index contributed by atoms with van der Waals surface area (Å²) in [6, 6.07) is 8.55. The minimum atomic E-state index is 0.154. The normalized spacial score (nSPS) is 15.8. The number of carbonyl (C=O) groups is 1. The molecule has 1 amide bonds. The molecular weight excluding hydrogens is 301 g/mol. The second-order valence-corrected chi connectivity index (χ2v) is 5.24. The van der Waals surface area contributed by atoms with Gasteiger partial charge in [0.05, 0.1) is 6.42 Å². The van der Waals surface area contributed by atoms with E-state index in [0.717, 1.165) is 18.4 Å².